The number of rotatable bonds is 0. The maximum atomic E-state index is 2.38. The van der Waals surface area contributed by atoms with Crippen molar-refractivity contribution < 1.29 is 0 Å². The third kappa shape index (κ3) is 2.53. The van der Waals surface area contributed by atoms with Gasteiger partial charge < -0.3 is 0 Å². The van der Waals surface area contributed by atoms with Crippen molar-refractivity contribution in [2.24, 2.45) is 0 Å². The van der Waals surface area contributed by atoms with E-state index in [1.165, 1.54) is 31.3 Å². The van der Waals surface area contributed by atoms with E-state index in [2.05, 4.69) is 26.8 Å². The highest BCUT2D eigenvalue weighted by atomic mass is 14.1. The molecular weight excluding hydrogens is 132 g/mol. The van der Waals surface area contributed by atoms with E-state index in [1.54, 1.807) is 11.1 Å². The lowest BCUT2D eigenvalue weighted by Crippen LogP contribution is -1.82. The first-order valence-electron chi connectivity index (χ1n) is 4.51. The van der Waals surface area contributed by atoms with Gasteiger partial charge in [-0.25, -0.2) is 0 Å². The molecule has 0 aliphatic heterocycles. The lowest BCUT2D eigenvalue weighted by Gasteiger charge is -2.02. The van der Waals surface area contributed by atoms with Crippen LogP contribution in [0.15, 0.2) is 22.8 Å². The van der Waals surface area contributed by atoms with Gasteiger partial charge in [0.05, 0.1) is 0 Å². The van der Waals surface area contributed by atoms with Crippen molar-refractivity contribution in [3.05, 3.63) is 22.8 Å². The van der Waals surface area contributed by atoms with E-state index in [4.69, 9.17) is 0 Å². The van der Waals surface area contributed by atoms with Gasteiger partial charge in [0.2, 0.25) is 0 Å². The van der Waals surface area contributed by atoms with Crippen molar-refractivity contribution in [3.8, 4) is 0 Å². The summed E-state index contributed by atoms with van der Waals surface area (Å²) < 4.78 is 0. The van der Waals surface area contributed by atoms with Gasteiger partial charge in [-0.15, -0.1) is 0 Å². The Morgan fingerprint density at radius 3 is 2.64 bits per heavy atom. The monoisotopic (exact) mass is 150 g/mol. The van der Waals surface area contributed by atoms with Gasteiger partial charge in [-0.05, 0) is 46.5 Å². The summed E-state index contributed by atoms with van der Waals surface area (Å²) in [6.07, 6.45) is 7.55. The molecule has 11 heavy (non-hydrogen) atoms. The second kappa shape index (κ2) is 3.75. The molecule has 0 aromatic carbocycles. The van der Waals surface area contributed by atoms with Gasteiger partial charge in [-0.1, -0.05) is 22.8 Å². The molecule has 1 aliphatic rings. The van der Waals surface area contributed by atoms with Crippen LogP contribution in [-0.4, -0.2) is 0 Å². The molecule has 62 valence electrons. The Balaban J connectivity index is 2.68. The van der Waals surface area contributed by atoms with Gasteiger partial charge in [0, 0.05) is 0 Å². The van der Waals surface area contributed by atoms with E-state index < -0.39 is 0 Å². The predicted octanol–water partition coefficient (Wildman–Crippen LogP) is 3.84. The summed E-state index contributed by atoms with van der Waals surface area (Å²) in [5, 5.41) is 0. The zero-order valence-electron chi connectivity index (χ0n) is 7.91. The van der Waals surface area contributed by atoms with Gasteiger partial charge in [0.15, 0.2) is 0 Å². The number of allylic oxidation sites excluding steroid dienone is 4. The van der Waals surface area contributed by atoms with Crippen LogP contribution in [-0.2, 0) is 0 Å². The Labute approximate surface area is 70.0 Å². The fraction of sp³-hybridized carbons (Fsp3) is 0.636. The summed E-state index contributed by atoms with van der Waals surface area (Å²) in [5.74, 6) is 0. The summed E-state index contributed by atoms with van der Waals surface area (Å²) in [6.45, 7) is 6.70. The van der Waals surface area contributed by atoms with Crippen molar-refractivity contribution in [2.45, 2.75) is 46.5 Å². The molecule has 0 heterocycles. The maximum Gasteiger partial charge on any atom is -0.0134 e. The van der Waals surface area contributed by atoms with E-state index in [1.807, 2.05) is 0 Å². The van der Waals surface area contributed by atoms with E-state index >= 15 is 0 Å². The van der Waals surface area contributed by atoms with Crippen molar-refractivity contribution in [1.82, 2.24) is 0 Å². The summed E-state index contributed by atoms with van der Waals surface area (Å²) in [7, 11) is 0. The van der Waals surface area contributed by atoms with Crippen LogP contribution in [0.3, 0.4) is 0 Å². The quantitative estimate of drug-likeness (QED) is 0.460. The molecule has 0 atom stereocenters. The average molecular weight is 150 g/mol. The Bertz CT molecular complexity index is 190. The molecule has 0 fully saturated rings. The van der Waals surface area contributed by atoms with Crippen LogP contribution in [0.5, 0.6) is 0 Å². The van der Waals surface area contributed by atoms with Crippen LogP contribution in [0.2, 0.25) is 0 Å². The Morgan fingerprint density at radius 2 is 2.00 bits per heavy atom. The smallest absolute Gasteiger partial charge is 0.0134 e. The normalized spacial score (nSPS) is 19.2. The van der Waals surface area contributed by atoms with Crippen molar-refractivity contribution >= 4 is 0 Å². The van der Waals surface area contributed by atoms with Crippen LogP contribution in [0.25, 0.3) is 0 Å². The first-order valence-corrected chi connectivity index (χ1v) is 4.51. The molecular formula is C11H18. The largest absolute Gasteiger partial charge is 0.0815 e. The average Bonchev–Trinajstić information content (AvgIpc) is 2.13. The fourth-order valence-electron chi connectivity index (χ4n) is 1.54. The zero-order valence-corrected chi connectivity index (χ0v) is 7.91. The van der Waals surface area contributed by atoms with E-state index in [9.17, 15) is 0 Å². The zero-order chi connectivity index (χ0) is 8.27. The Hall–Kier alpha value is -0.520. The van der Waals surface area contributed by atoms with Crippen molar-refractivity contribution in [3.63, 3.8) is 0 Å². The molecule has 0 heteroatoms. The summed E-state index contributed by atoms with van der Waals surface area (Å²) >= 11 is 0. The Morgan fingerprint density at radius 1 is 1.27 bits per heavy atom. The minimum Gasteiger partial charge on any atom is -0.0815 e. The molecule has 0 unspecified atom stereocenters. The molecule has 0 nitrogen and oxygen atoms in total. The molecule has 0 N–H and O–H groups in total. The van der Waals surface area contributed by atoms with Crippen LogP contribution >= 0.6 is 0 Å². The fourth-order valence-corrected chi connectivity index (χ4v) is 1.54. The molecule has 0 radical (unpaired) electrons. The highest BCUT2D eigenvalue weighted by molar-refractivity contribution is 5.18. The highest BCUT2D eigenvalue weighted by Crippen LogP contribution is 2.23. The molecule has 0 amide bonds. The second-order valence-electron chi connectivity index (χ2n) is 3.71. The van der Waals surface area contributed by atoms with E-state index in [-0.39, 0.29) is 0 Å². The molecule has 0 aromatic heterocycles. The molecule has 0 saturated heterocycles. The third-order valence-electron chi connectivity index (χ3n) is 2.45. The molecule has 0 saturated carbocycles. The lowest BCUT2D eigenvalue weighted by atomic mass is 10.0. The summed E-state index contributed by atoms with van der Waals surface area (Å²) in [6, 6.07) is 0. The number of hydrogen-bond donors (Lipinski definition) is 0. The molecule has 1 rings (SSSR count). The minimum atomic E-state index is 1.20. The first-order chi connectivity index (χ1) is 5.20. The lowest BCUT2D eigenvalue weighted by molar-refractivity contribution is 0.808. The van der Waals surface area contributed by atoms with Gasteiger partial charge in [-0.2, -0.15) is 0 Å². The van der Waals surface area contributed by atoms with Gasteiger partial charge in [-0.3, -0.25) is 0 Å². The van der Waals surface area contributed by atoms with Gasteiger partial charge in [0.25, 0.3) is 0 Å². The SMILES string of the molecule is CC1=CCC(=C(C)C)CCC1. The van der Waals surface area contributed by atoms with Crippen LogP contribution in [0.4, 0.5) is 0 Å². The Kier molecular flexibility index (Phi) is 2.92. The van der Waals surface area contributed by atoms with Crippen LogP contribution in [0, 0.1) is 0 Å². The van der Waals surface area contributed by atoms with E-state index in [0.29, 0.717) is 0 Å². The molecule has 0 bridgehead atoms. The first kappa shape index (κ1) is 8.58. The van der Waals surface area contributed by atoms with Gasteiger partial charge >= 0.3 is 0 Å². The topological polar surface area (TPSA) is 0 Å². The molecule has 0 spiro atoms. The molecule has 1 aliphatic carbocycles. The molecule has 0 aromatic rings. The number of hydrogen-bond acceptors (Lipinski definition) is 0. The van der Waals surface area contributed by atoms with E-state index in [0.717, 1.165) is 0 Å². The summed E-state index contributed by atoms with van der Waals surface area (Å²) in [5.41, 5.74) is 4.75. The second-order valence-corrected chi connectivity index (χ2v) is 3.71. The third-order valence-corrected chi connectivity index (χ3v) is 2.45. The summed E-state index contributed by atoms with van der Waals surface area (Å²) in [4.78, 5) is 0. The van der Waals surface area contributed by atoms with Gasteiger partial charge in [0.1, 0.15) is 0 Å². The standard InChI is InChI=1S/C11H18/c1-9(2)11-6-4-5-10(3)7-8-11/h7H,4-6,8H2,1-3H3. The predicted molar refractivity (Wildman–Crippen MR) is 50.6 cm³/mol. The van der Waals surface area contributed by atoms with Crippen LogP contribution < -0.4 is 0 Å². The minimum absolute atomic E-state index is 1.20. The van der Waals surface area contributed by atoms with Crippen molar-refractivity contribution in [2.75, 3.05) is 0 Å². The van der Waals surface area contributed by atoms with Crippen LogP contribution in [0.1, 0.15) is 46.5 Å². The highest BCUT2D eigenvalue weighted by Gasteiger charge is 2.03. The van der Waals surface area contributed by atoms with Crippen molar-refractivity contribution in [1.29, 1.82) is 0 Å². The maximum absolute atomic E-state index is 2.38.